The number of nitriles is 2. The molecule has 4 nitrogen and oxygen atoms in total. The number of aromatic nitrogens is 2. The Morgan fingerprint density at radius 1 is 0.520 bits per heavy atom. The molecule has 7 heteroatoms. The van der Waals surface area contributed by atoms with Crippen LogP contribution in [0.4, 0.5) is 13.2 Å². The molecule has 2 heterocycles. The summed E-state index contributed by atoms with van der Waals surface area (Å²) in [7, 11) is 0. The van der Waals surface area contributed by atoms with Crippen molar-refractivity contribution in [3.05, 3.63) is 142 Å². The molecule has 0 saturated carbocycles. The van der Waals surface area contributed by atoms with Crippen LogP contribution in [0.3, 0.4) is 0 Å². The van der Waals surface area contributed by atoms with Crippen LogP contribution in [0, 0.1) is 50.4 Å². The number of alkyl halides is 3. The average molecular weight is 659 g/mol. The van der Waals surface area contributed by atoms with Gasteiger partial charge < -0.3 is 9.13 Å². The molecule has 0 saturated heterocycles. The molecular formula is C43H29F3N4. The van der Waals surface area contributed by atoms with Crippen molar-refractivity contribution in [3.63, 3.8) is 0 Å². The van der Waals surface area contributed by atoms with E-state index < -0.39 is 11.7 Å². The number of benzene rings is 6. The van der Waals surface area contributed by atoms with Crippen molar-refractivity contribution in [1.82, 2.24) is 9.13 Å². The number of nitrogens with zero attached hydrogens (tertiary/aromatic N) is 4. The van der Waals surface area contributed by atoms with Gasteiger partial charge in [-0.25, -0.2) is 0 Å². The van der Waals surface area contributed by atoms with Gasteiger partial charge in [-0.05, 0) is 104 Å². The second-order valence-electron chi connectivity index (χ2n) is 13.1. The third kappa shape index (κ3) is 4.74. The van der Waals surface area contributed by atoms with Gasteiger partial charge in [0.2, 0.25) is 0 Å². The molecule has 2 aromatic heterocycles. The van der Waals surface area contributed by atoms with Crippen molar-refractivity contribution in [2.45, 2.75) is 33.9 Å². The van der Waals surface area contributed by atoms with Crippen molar-refractivity contribution in [1.29, 1.82) is 10.5 Å². The molecule has 8 rings (SSSR count). The van der Waals surface area contributed by atoms with Gasteiger partial charge in [0.15, 0.2) is 0 Å². The van der Waals surface area contributed by atoms with Gasteiger partial charge >= 0.3 is 6.18 Å². The van der Waals surface area contributed by atoms with Crippen LogP contribution >= 0.6 is 0 Å². The van der Waals surface area contributed by atoms with Gasteiger partial charge in [-0.1, -0.05) is 54.6 Å². The number of aryl methyl sites for hydroxylation is 4. The summed E-state index contributed by atoms with van der Waals surface area (Å²) in [5, 5.41) is 25.0. The Balaban J connectivity index is 1.60. The van der Waals surface area contributed by atoms with Crippen LogP contribution in [0.25, 0.3) is 66.1 Å². The highest BCUT2D eigenvalue weighted by molar-refractivity contribution is 6.12. The molecule has 0 amide bonds. The molecule has 8 aromatic rings. The van der Waals surface area contributed by atoms with Gasteiger partial charge in [-0.2, -0.15) is 23.7 Å². The first kappa shape index (κ1) is 31.0. The van der Waals surface area contributed by atoms with Crippen LogP contribution in [-0.2, 0) is 6.18 Å². The Morgan fingerprint density at radius 3 is 1.40 bits per heavy atom. The van der Waals surface area contributed by atoms with Crippen LogP contribution in [0.2, 0.25) is 0 Å². The summed E-state index contributed by atoms with van der Waals surface area (Å²) in [5.74, 6) is 0. The van der Waals surface area contributed by atoms with Crippen molar-refractivity contribution in [2.24, 2.45) is 0 Å². The minimum Gasteiger partial charge on any atom is -0.308 e. The van der Waals surface area contributed by atoms with E-state index in [4.69, 9.17) is 0 Å². The molecule has 242 valence electrons. The van der Waals surface area contributed by atoms with E-state index in [1.165, 1.54) is 6.07 Å². The monoisotopic (exact) mass is 658 g/mol. The standard InChI is InChI=1S/C43H29F3N4/c1-24-5-9-32-33-10-6-25(2)16-39(33)49(38(32)15-24)37-14-13-31(29-19-28(22-47)20-30(21-29)43(44,45)46)42(36(37)23-48)50-40-17-26(3)7-11-34(40)35-12-8-27(4)18-41(35)50/h5-21H,1-4H3. The van der Waals surface area contributed by atoms with E-state index in [0.29, 0.717) is 22.5 Å². The van der Waals surface area contributed by atoms with Crippen LogP contribution in [0.1, 0.15) is 38.9 Å². The largest absolute Gasteiger partial charge is 0.416 e. The lowest BCUT2D eigenvalue weighted by Gasteiger charge is -2.21. The van der Waals surface area contributed by atoms with Gasteiger partial charge in [0.1, 0.15) is 11.6 Å². The Bertz CT molecular complexity index is 2700. The molecule has 0 unspecified atom stereocenters. The summed E-state index contributed by atoms with van der Waals surface area (Å²) in [6.07, 6.45) is -4.68. The lowest BCUT2D eigenvalue weighted by Crippen LogP contribution is -2.08. The summed E-state index contributed by atoms with van der Waals surface area (Å²) in [6, 6.07) is 36.2. The molecule has 0 bridgehead atoms. The highest BCUT2D eigenvalue weighted by Gasteiger charge is 2.32. The van der Waals surface area contributed by atoms with Crippen molar-refractivity contribution in [3.8, 4) is 34.6 Å². The number of fused-ring (bicyclic) bond motifs is 6. The molecule has 0 N–H and O–H groups in total. The first-order chi connectivity index (χ1) is 24.0. The second-order valence-corrected chi connectivity index (χ2v) is 13.1. The summed E-state index contributed by atoms with van der Waals surface area (Å²) in [5.41, 5.74) is 8.46. The molecule has 0 atom stereocenters. The lowest BCUT2D eigenvalue weighted by atomic mass is 9.95. The van der Waals surface area contributed by atoms with E-state index in [2.05, 4.69) is 47.0 Å². The predicted octanol–water partition coefficient (Wildman–Crippen LogP) is 11.5. The number of hydrogen-bond acceptors (Lipinski definition) is 2. The molecular weight excluding hydrogens is 629 g/mol. The third-order valence-electron chi connectivity index (χ3n) is 9.59. The van der Waals surface area contributed by atoms with E-state index in [-0.39, 0.29) is 11.1 Å². The molecule has 0 aliphatic rings. The normalized spacial score (nSPS) is 11.9. The number of halogens is 3. The Kier molecular flexibility index (Phi) is 6.89. The average Bonchev–Trinajstić information content (AvgIpc) is 3.56. The van der Waals surface area contributed by atoms with Gasteiger partial charge in [0, 0.05) is 27.1 Å². The molecule has 0 aliphatic carbocycles. The highest BCUT2D eigenvalue weighted by Crippen LogP contribution is 2.43. The quantitative estimate of drug-likeness (QED) is 0.190. The van der Waals surface area contributed by atoms with Gasteiger partial charge in [-0.15, -0.1) is 0 Å². The topological polar surface area (TPSA) is 57.4 Å². The maximum absolute atomic E-state index is 14.3. The number of hydrogen-bond donors (Lipinski definition) is 0. The smallest absolute Gasteiger partial charge is 0.308 e. The Morgan fingerprint density at radius 2 is 0.980 bits per heavy atom. The third-order valence-corrected chi connectivity index (χ3v) is 9.59. The zero-order chi connectivity index (χ0) is 35.1. The first-order valence-corrected chi connectivity index (χ1v) is 16.2. The fourth-order valence-corrected chi connectivity index (χ4v) is 7.33. The van der Waals surface area contributed by atoms with E-state index >= 15 is 0 Å². The maximum atomic E-state index is 14.3. The van der Waals surface area contributed by atoms with Crippen LogP contribution in [-0.4, -0.2) is 9.13 Å². The fraction of sp³-hybridized carbons (Fsp3) is 0.116. The van der Waals surface area contributed by atoms with Crippen molar-refractivity contribution < 1.29 is 13.2 Å². The predicted molar refractivity (Wildman–Crippen MR) is 194 cm³/mol. The maximum Gasteiger partial charge on any atom is 0.416 e. The second kappa shape index (κ2) is 11.1. The SMILES string of the molecule is Cc1ccc2c3ccc(C)cc3n(-c3ccc(-c4cc(C#N)cc(C(F)(F)F)c4)c(-n4c5cc(C)ccc5c5ccc(C)cc54)c3C#N)c2c1. The zero-order valence-electron chi connectivity index (χ0n) is 27.7. The first-order valence-electron chi connectivity index (χ1n) is 16.2. The van der Waals surface area contributed by atoms with E-state index in [1.807, 2.05) is 80.8 Å². The highest BCUT2D eigenvalue weighted by atomic mass is 19.4. The summed E-state index contributed by atoms with van der Waals surface area (Å²) in [6.45, 7) is 8.03. The minimum absolute atomic E-state index is 0.120. The number of rotatable bonds is 3. The summed E-state index contributed by atoms with van der Waals surface area (Å²) in [4.78, 5) is 0. The molecule has 0 spiro atoms. The van der Waals surface area contributed by atoms with Gasteiger partial charge in [-0.3, -0.25) is 0 Å². The molecule has 0 aliphatic heterocycles. The van der Waals surface area contributed by atoms with Crippen LogP contribution < -0.4 is 0 Å². The van der Waals surface area contributed by atoms with Crippen molar-refractivity contribution >= 4 is 43.6 Å². The van der Waals surface area contributed by atoms with E-state index in [9.17, 15) is 23.7 Å². The summed E-state index contributed by atoms with van der Waals surface area (Å²) < 4.78 is 46.9. The van der Waals surface area contributed by atoms with E-state index in [1.54, 1.807) is 6.07 Å². The lowest BCUT2D eigenvalue weighted by molar-refractivity contribution is -0.137. The molecule has 0 fully saturated rings. The van der Waals surface area contributed by atoms with Crippen LogP contribution in [0.5, 0.6) is 0 Å². The van der Waals surface area contributed by atoms with Crippen LogP contribution in [0.15, 0.2) is 103 Å². The summed E-state index contributed by atoms with van der Waals surface area (Å²) >= 11 is 0. The van der Waals surface area contributed by atoms with Gasteiger partial charge in [0.25, 0.3) is 0 Å². The molecule has 0 radical (unpaired) electrons. The Labute approximate surface area is 286 Å². The van der Waals surface area contributed by atoms with Crippen molar-refractivity contribution in [2.75, 3.05) is 0 Å². The molecule has 50 heavy (non-hydrogen) atoms. The molecule has 6 aromatic carbocycles. The van der Waals surface area contributed by atoms with Gasteiger partial charge in [0.05, 0.1) is 50.6 Å². The fourth-order valence-electron chi connectivity index (χ4n) is 7.33. The zero-order valence-corrected chi connectivity index (χ0v) is 27.7. The minimum atomic E-state index is -4.68. The Hall–Kier alpha value is -6.31. The van der Waals surface area contributed by atoms with E-state index in [0.717, 1.165) is 78.0 Å².